The molecule has 0 radical (unpaired) electrons. The maximum absolute atomic E-state index is 12.4. The van der Waals surface area contributed by atoms with Crippen molar-refractivity contribution >= 4 is 17.5 Å². The zero-order valence-corrected chi connectivity index (χ0v) is 17.6. The molecule has 1 N–H and O–H groups in total. The molecular weight excluding hydrogens is 398 g/mol. The number of nitrogens with zero attached hydrogens (tertiary/aromatic N) is 4. The number of benzene rings is 2. The summed E-state index contributed by atoms with van der Waals surface area (Å²) in [5.41, 5.74) is 5.65. The SMILES string of the molecule is Cc1cc(C)n(-c2ccc(CCNC(=O)c3cnn(-c4ccc(Cl)cc4)c3)cc2)n1. The topological polar surface area (TPSA) is 64.7 Å². The molecule has 7 heteroatoms. The number of nitrogens with one attached hydrogen (secondary N) is 1. The minimum absolute atomic E-state index is 0.144. The van der Waals surface area contributed by atoms with Crippen molar-refractivity contribution in [3.05, 3.63) is 94.5 Å². The Morgan fingerprint density at radius 1 is 1.03 bits per heavy atom. The number of halogens is 1. The van der Waals surface area contributed by atoms with Gasteiger partial charge in [-0.15, -0.1) is 0 Å². The lowest BCUT2D eigenvalue weighted by Crippen LogP contribution is -2.25. The number of aromatic nitrogens is 4. The van der Waals surface area contributed by atoms with Gasteiger partial charge in [0.2, 0.25) is 0 Å². The minimum Gasteiger partial charge on any atom is -0.352 e. The third-order valence-corrected chi connectivity index (χ3v) is 5.08. The maximum Gasteiger partial charge on any atom is 0.254 e. The number of carbonyl (C=O) groups excluding carboxylic acids is 1. The molecule has 0 aliphatic rings. The van der Waals surface area contributed by atoms with E-state index in [1.165, 1.54) is 0 Å². The highest BCUT2D eigenvalue weighted by atomic mass is 35.5. The lowest BCUT2D eigenvalue weighted by atomic mass is 10.1. The van der Waals surface area contributed by atoms with Crippen LogP contribution in [0.1, 0.15) is 27.3 Å². The van der Waals surface area contributed by atoms with Crippen LogP contribution in [0.5, 0.6) is 0 Å². The van der Waals surface area contributed by atoms with Gasteiger partial charge in [-0.2, -0.15) is 10.2 Å². The number of aryl methyl sites for hydroxylation is 2. The van der Waals surface area contributed by atoms with E-state index in [1.54, 1.807) is 29.2 Å². The van der Waals surface area contributed by atoms with E-state index >= 15 is 0 Å². The molecule has 4 rings (SSSR count). The molecule has 4 aromatic rings. The van der Waals surface area contributed by atoms with Gasteiger partial charge in [-0.1, -0.05) is 23.7 Å². The molecule has 2 heterocycles. The predicted molar refractivity (Wildman–Crippen MR) is 118 cm³/mol. The van der Waals surface area contributed by atoms with Gasteiger partial charge in [-0.05, 0) is 68.3 Å². The van der Waals surface area contributed by atoms with E-state index in [0.29, 0.717) is 17.1 Å². The standard InChI is InChI=1S/C23H22ClN5O/c1-16-13-17(2)29(27-16)22-7-3-18(4-8-22)11-12-25-23(30)19-14-26-28(15-19)21-9-5-20(24)6-10-21/h3-10,13-15H,11-12H2,1-2H3,(H,25,30). The Hall–Kier alpha value is -3.38. The van der Waals surface area contributed by atoms with Gasteiger partial charge in [-0.25, -0.2) is 9.36 Å². The van der Waals surface area contributed by atoms with Crippen molar-refractivity contribution in [2.24, 2.45) is 0 Å². The molecule has 0 fully saturated rings. The average Bonchev–Trinajstić information content (AvgIpc) is 3.36. The molecule has 152 valence electrons. The van der Waals surface area contributed by atoms with Gasteiger partial charge < -0.3 is 5.32 Å². The van der Waals surface area contributed by atoms with E-state index in [4.69, 9.17) is 11.6 Å². The van der Waals surface area contributed by atoms with Crippen LogP contribution < -0.4 is 5.32 Å². The van der Waals surface area contributed by atoms with Crippen LogP contribution in [-0.2, 0) is 6.42 Å². The van der Waals surface area contributed by atoms with Crippen molar-refractivity contribution in [1.29, 1.82) is 0 Å². The van der Waals surface area contributed by atoms with Gasteiger partial charge >= 0.3 is 0 Å². The largest absolute Gasteiger partial charge is 0.352 e. The summed E-state index contributed by atoms with van der Waals surface area (Å²) in [6.45, 7) is 4.57. The van der Waals surface area contributed by atoms with E-state index < -0.39 is 0 Å². The van der Waals surface area contributed by atoms with E-state index in [2.05, 4.69) is 33.7 Å². The smallest absolute Gasteiger partial charge is 0.254 e. The second-order valence-electron chi connectivity index (χ2n) is 7.16. The third kappa shape index (κ3) is 4.44. The summed E-state index contributed by atoms with van der Waals surface area (Å²) >= 11 is 5.91. The molecule has 1 amide bonds. The van der Waals surface area contributed by atoms with Crippen molar-refractivity contribution in [3.63, 3.8) is 0 Å². The first kappa shape index (κ1) is 19.9. The summed E-state index contributed by atoms with van der Waals surface area (Å²) in [6, 6.07) is 17.6. The molecule has 0 atom stereocenters. The van der Waals surface area contributed by atoms with Crippen LogP contribution in [0.15, 0.2) is 67.0 Å². The van der Waals surface area contributed by atoms with E-state index in [9.17, 15) is 4.79 Å². The molecule has 0 bridgehead atoms. The summed E-state index contributed by atoms with van der Waals surface area (Å²) < 4.78 is 3.59. The molecule has 30 heavy (non-hydrogen) atoms. The van der Waals surface area contributed by atoms with E-state index in [1.807, 2.05) is 42.8 Å². The Balaban J connectivity index is 1.32. The lowest BCUT2D eigenvalue weighted by Gasteiger charge is -2.07. The summed E-state index contributed by atoms with van der Waals surface area (Å²) in [6.07, 6.45) is 4.02. The van der Waals surface area contributed by atoms with Crippen LogP contribution >= 0.6 is 11.6 Å². The zero-order valence-electron chi connectivity index (χ0n) is 16.8. The molecule has 0 unspecified atom stereocenters. The van der Waals surface area contributed by atoms with Crippen LogP contribution in [0.4, 0.5) is 0 Å². The highest BCUT2D eigenvalue weighted by Gasteiger charge is 2.09. The second kappa shape index (κ2) is 8.55. The van der Waals surface area contributed by atoms with Crippen molar-refractivity contribution in [2.45, 2.75) is 20.3 Å². The molecule has 0 aliphatic carbocycles. The first-order valence-corrected chi connectivity index (χ1v) is 10.1. The minimum atomic E-state index is -0.144. The van der Waals surface area contributed by atoms with E-state index in [-0.39, 0.29) is 5.91 Å². The average molecular weight is 420 g/mol. The molecule has 2 aromatic heterocycles. The zero-order chi connectivity index (χ0) is 21.1. The van der Waals surface area contributed by atoms with Gasteiger partial charge in [-0.3, -0.25) is 4.79 Å². The molecule has 0 saturated heterocycles. The van der Waals surface area contributed by atoms with Crippen molar-refractivity contribution in [2.75, 3.05) is 6.54 Å². The van der Waals surface area contributed by atoms with Gasteiger partial charge in [0.05, 0.1) is 28.8 Å². The van der Waals surface area contributed by atoms with Crippen molar-refractivity contribution in [3.8, 4) is 11.4 Å². The molecule has 0 aliphatic heterocycles. The van der Waals surface area contributed by atoms with Crippen LogP contribution in [0, 0.1) is 13.8 Å². The second-order valence-corrected chi connectivity index (χ2v) is 7.60. The summed E-state index contributed by atoms with van der Waals surface area (Å²) in [4.78, 5) is 12.4. The Labute approximate surface area is 180 Å². The number of amides is 1. The van der Waals surface area contributed by atoms with Gasteiger partial charge in [0.15, 0.2) is 0 Å². The molecule has 0 spiro atoms. The van der Waals surface area contributed by atoms with Gasteiger partial charge in [0, 0.05) is 23.5 Å². The van der Waals surface area contributed by atoms with Crippen LogP contribution in [0.2, 0.25) is 5.02 Å². The fraction of sp³-hybridized carbons (Fsp3) is 0.174. The van der Waals surface area contributed by atoms with Crippen LogP contribution in [-0.4, -0.2) is 32.0 Å². The van der Waals surface area contributed by atoms with Crippen molar-refractivity contribution < 1.29 is 4.79 Å². The predicted octanol–water partition coefficient (Wildman–Crippen LogP) is 4.30. The Morgan fingerprint density at radius 2 is 1.73 bits per heavy atom. The fourth-order valence-corrected chi connectivity index (χ4v) is 3.42. The van der Waals surface area contributed by atoms with Crippen molar-refractivity contribution in [1.82, 2.24) is 24.9 Å². The quantitative estimate of drug-likeness (QED) is 0.506. The van der Waals surface area contributed by atoms with E-state index in [0.717, 1.165) is 34.7 Å². The molecule has 0 saturated carbocycles. The lowest BCUT2D eigenvalue weighted by molar-refractivity contribution is 0.0954. The van der Waals surface area contributed by atoms with Gasteiger partial charge in [0.1, 0.15) is 0 Å². The summed E-state index contributed by atoms with van der Waals surface area (Å²) in [7, 11) is 0. The first-order valence-electron chi connectivity index (χ1n) is 9.71. The normalized spacial score (nSPS) is 10.9. The summed E-state index contributed by atoms with van der Waals surface area (Å²) in [5.74, 6) is -0.144. The van der Waals surface area contributed by atoms with Crippen LogP contribution in [0.3, 0.4) is 0 Å². The Kier molecular flexibility index (Phi) is 5.68. The number of hydrogen-bond acceptors (Lipinski definition) is 3. The Morgan fingerprint density at radius 3 is 2.40 bits per heavy atom. The first-order chi connectivity index (χ1) is 14.5. The van der Waals surface area contributed by atoms with Crippen LogP contribution in [0.25, 0.3) is 11.4 Å². The monoisotopic (exact) mass is 419 g/mol. The highest BCUT2D eigenvalue weighted by molar-refractivity contribution is 6.30. The van der Waals surface area contributed by atoms with Gasteiger partial charge in [0.25, 0.3) is 5.91 Å². The fourth-order valence-electron chi connectivity index (χ4n) is 3.29. The number of hydrogen-bond donors (Lipinski definition) is 1. The molecular formula is C23H22ClN5O. The number of rotatable bonds is 6. The third-order valence-electron chi connectivity index (χ3n) is 4.83. The number of carbonyl (C=O) groups is 1. The molecule has 6 nitrogen and oxygen atoms in total. The summed E-state index contributed by atoms with van der Waals surface area (Å²) in [5, 5.41) is 12.4. The maximum atomic E-state index is 12.4. The highest BCUT2D eigenvalue weighted by Crippen LogP contribution is 2.14. The Bertz CT molecular complexity index is 1160. The molecule has 2 aromatic carbocycles.